The van der Waals surface area contributed by atoms with E-state index in [1.54, 1.807) is 24.5 Å². The molecule has 7 nitrogen and oxygen atoms in total. The third kappa shape index (κ3) is 6.19. The van der Waals surface area contributed by atoms with Crippen LogP contribution in [0.2, 0.25) is 0 Å². The topological polar surface area (TPSA) is 70.6 Å². The fourth-order valence-electron chi connectivity index (χ4n) is 4.38. The van der Waals surface area contributed by atoms with E-state index in [1.807, 2.05) is 41.4 Å². The van der Waals surface area contributed by atoms with Gasteiger partial charge in [0.2, 0.25) is 5.91 Å². The third-order valence-electron chi connectivity index (χ3n) is 6.48. The van der Waals surface area contributed by atoms with Crippen molar-refractivity contribution in [3.05, 3.63) is 84.3 Å². The molecule has 3 heterocycles. The van der Waals surface area contributed by atoms with E-state index in [1.165, 1.54) is 6.07 Å². The Balaban J connectivity index is 1.07. The molecule has 1 amide bonds. The van der Waals surface area contributed by atoms with E-state index in [9.17, 15) is 18.0 Å². The lowest BCUT2D eigenvalue weighted by Gasteiger charge is -2.39. The van der Waals surface area contributed by atoms with E-state index in [-0.39, 0.29) is 17.9 Å². The van der Waals surface area contributed by atoms with E-state index in [0.29, 0.717) is 36.6 Å². The molecule has 0 bridgehead atoms. The maximum atomic E-state index is 12.9. The average molecular weight is 510 g/mol. The van der Waals surface area contributed by atoms with E-state index >= 15 is 0 Å². The Morgan fingerprint density at radius 3 is 2.59 bits per heavy atom. The molecule has 10 heteroatoms. The molecule has 1 N–H and O–H groups in total. The van der Waals surface area contributed by atoms with Crippen molar-refractivity contribution in [1.29, 1.82) is 0 Å². The number of amides is 1. The van der Waals surface area contributed by atoms with Gasteiger partial charge in [-0.05, 0) is 60.3 Å². The second-order valence-electron chi connectivity index (χ2n) is 9.18. The van der Waals surface area contributed by atoms with Gasteiger partial charge in [0.05, 0.1) is 36.1 Å². The molecule has 0 unspecified atom stereocenters. The number of halogens is 3. The highest BCUT2D eigenvalue weighted by molar-refractivity contribution is 5.94. The van der Waals surface area contributed by atoms with Gasteiger partial charge in [-0.1, -0.05) is 12.1 Å². The number of carbonyl (C=O) groups excluding carboxylic acids is 1. The highest BCUT2D eigenvalue weighted by atomic mass is 19.4. The summed E-state index contributed by atoms with van der Waals surface area (Å²) in [4.78, 5) is 16.6. The minimum Gasteiger partial charge on any atom is -0.489 e. The largest absolute Gasteiger partial charge is 0.489 e. The van der Waals surface area contributed by atoms with Crippen molar-refractivity contribution in [3.63, 3.8) is 0 Å². The van der Waals surface area contributed by atoms with Gasteiger partial charge < -0.3 is 19.9 Å². The molecular weight excluding hydrogens is 483 g/mol. The zero-order valence-corrected chi connectivity index (χ0v) is 19.9. The van der Waals surface area contributed by atoms with Gasteiger partial charge in [0.1, 0.15) is 11.9 Å². The lowest BCUT2D eigenvalue weighted by atomic mass is 9.98. The van der Waals surface area contributed by atoms with Crippen molar-refractivity contribution < 1.29 is 22.7 Å². The standard InChI is InChI=1S/C27H26F3N5O2/c28-27(29,30)21-3-1-2-19(14-21)9-12-34-13-10-25(18-34)37-24-6-4-22(5-7-24)33-26(36)20-16-35(17-20)23-8-11-31-32-15-23/h1-9,11-12,14-15,20,25H,10,13,16-18H2,(H,33,36)/t25-/m1/s1. The first-order chi connectivity index (χ1) is 17.8. The molecule has 0 saturated carbocycles. The van der Waals surface area contributed by atoms with Gasteiger partial charge in [0, 0.05) is 31.7 Å². The number of alkyl halides is 3. The fraction of sp³-hybridized carbons (Fsp3) is 0.296. The monoisotopic (exact) mass is 509 g/mol. The van der Waals surface area contributed by atoms with Crippen LogP contribution >= 0.6 is 0 Å². The molecule has 5 rings (SSSR count). The molecule has 1 atom stereocenters. The van der Waals surface area contributed by atoms with Gasteiger partial charge in [-0.3, -0.25) is 4.79 Å². The number of rotatable bonds is 7. The molecule has 37 heavy (non-hydrogen) atoms. The molecule has 0 aliphatic carbocycles. The first-order valence-electron chi connectivity index (χ1n) is 12.0. The molecule has 0 spiro atoms. The van der Waals surface area contributed by atoms with E-state index in [4.69, 9.17) is 4.74 Å². The number of nitrogens with zero attached hydrogens (tertiary/aromatic N) is 4. The number of likely N-dealkylation sites (tertiary alicyclic amines) is 1. The Kier molecular flexibility index (Phi) is 6.98. The van der Waals surface area contributed by atoms with Gasteiger partial charge in [-0.2, -0.15) is 23.4 Å². The predicted octanol–water partition coefficient (Wildman–Crippen LogP) is 4.69. The third-order valence-corrected chi connectivity index (χ3v) is 6.48. The Morgan fingerprint density at radius 1 is 1.05 bits per heavy atom. The van der Waals surface area contributed by atoms with Gasteiger partial charge >= 0.3 is 6.18 Å². The lowest BCUT2D eigenvalue weighted by Crippen LogP contribution is -2.52. The first kappa shape index (κ1) is 24.6. The minimum absolute atomic E-state index is 0.0223. The van der Waals surface area contributed by atoms with Crippen molar-refractivity contribution in [2.45, 2.75) is 18.7 Å². The zero-order valence-electron chi connectivity index (χ0n) is 19.9. The summed E-state index contributed by atoms with van der Waals surface area (Å²) < 4.78 is 44.8. The molecular formula is C27H26F3N5O2. The number of hydrogen-bond donors (Lipinski definition) is 1. The summed E-state index contributed by atoms with van der Waals surface area (Å²) in [5, 5.41) is 10.6. The number of hydrogen-bond acceptors (Lipinski definition) is 6. The summed E-state index contributed by atoms with van der Waals surface area (Å²) in [5.41, 5.74) is 1.51. The molecule has 0 radical (unpaired) electrons. The van der Waals surface area contributed by atoms with Gasteiger partial charge in [-0.25, -0.2) is 0 Å². The Labute approximate surface area is 212 Å². The maximum absolute atomic E-state index is 12.9. The van der Waals surface area contributed by atoms with Crippen LogP contribution < -0.4 is 15.0 Å². The zero-order chi connectivity index (χ0) is 25.8. The Hall–Kier alpha value is -4.08. The Bertz CT molecular complexity index is 1240. The Morgan fingerprint density at radius 2 is 1.86 bits per heavy atom. The van der Waals surface area contributed by atoms with Gasteiger partial charge in [0.25, 0.3) is 0 Å². The number of aromatic nitrogens is 2. The van der Waals surface area contributed by atoms with E-state index in [2.05, 4.69) is 20.4 Å². The first-order valence-corrected chi connectivity index (χ1v) is 12.0. The molecule has 2 fully saturated rings. The normalized spacial score (nSPS) is 18.2. The number of nitrogens with one attached hydrogen (secondary N) is 1. The smallest absolute Gasteiger partial charge is 0.416 e. The van der Waals surface area contributed by atoms with Crippen molar-refractivity contribution in [2.75, 3.05) is 36.4 Å². The number of carbonyl (C=O) groups is 1. The van der Waals surface area contributed by atoms with E-state index < -0.39 is 11.7 Å². The van der Waals surface area contributed by atoms with E-state index in [0.717, 1.165) is 30.8 Å². The summed E-state index contributed by atoms with van der Waals surface area (Å²) in [6, 6.07) is 14.4. The summed E-state index contributed by atoms with van der Waals surface area (Å²) in [6.07, 6.45) is 3.22. The predicted molar refractivity (Wildman–Crippen MR) is 134 cm³/mol. The van der Waals surface area contributed by atoms with Crippen molar-refractivity contribution in [3.8, 4) is 5.75 Å². The molecule has 2 aliphatic rings. The average Bonchev–Trinajstić information content (AvgIpc) is 3.31. The fourth-order valence-corrected chi connectivity index (χ4v) is 4.38. The van der Waals surface area contributed by atoms with Gasteiger partial charge in [0.15, 0.2) is 0 Å². The SMILES string of the molecule is O=C(Nc1ccc(O[C@@H]2CCN(C=Cc3cccc(C(F)(F)F)c3)C2)cc1)C1CN(c2ccnnc2)C1. The van der Waals surface area contributed by atoms with Crippen LogP contribution in [0.1, 0.15) is 17.5 Å². The molecule has 2 aromatic carbocycles. The van der Waals surface area contributed by atoms with Crippen molar-refractivity contribution in [1.82, 2.24) is 15.1 Å². The van der Waals surface area contributed by atoms with Gasteiger partial charge in [-0.15, -0.1) is 0 Å². The molecule has 2 saturated heterocycles. The second kappa shape index (κ2) is 10.5. The van der Waals surface area contributed by atoms with Crippen molar-refractivity contribution in [2.24, 2.45) is 5.92 Å². The van der Waals surface area contributed by atoms with Crippen LogP contribution in [0.4, 0.5) is 24.5 Å². The summed E-state index contributed by atoms with van der Waals surface area (Å²) in [6.45, 7) is 2.67. The van der Waals surface area contributed by atoms with Crippen LogP contribution in [-0.2, 0) is 11.0 Å². The lowest BCUT2D eigenvalue weighted by molar-refractivity contribution is -0.137. The highest BCUT2D eigenvalue weighted by Crippen LogP contribution is 2.30. The minimum atomic E-state index is -4.36. The number of ether oxygens (including phenoxy) is 1. The molecule has 3 aromatic rings. The quantitative estimate of drug-likeness (QED) is 0.498. The molecule has 192 valence electrons. The molecule has 2 aliphatic heterocycles. The maximum Gasteiger partial charge on any atom is 0.416 e. The summed E-state index contributed by atoms with van der Waals surface area (Å²) >= 11 is 0. The van der Waals surface area contributed by atoms with Crippen molar-refractivity contribution >= 4 is 23.4 Å². The van der Waals surface area contributed by atoms with Crippen LogP contribution in [0.5, 0.6) is 5.75 Å². The highest BCUT2D eigenvalue weighted by Gasteiger charge is 2.33. The molecule has 1 aromatic heterocycles. The summed E-state index contributed by atoms with van der Waals surface area (Å²) in [7, 11) is 0. The number of anilines is 2. The van der Waals surface area contributed by atoms with Crippen LogP contribution in [0.15, 0.2) is 73.2 Å². The second-order valence-corrected chi connectivity index (χ2v) is 9.18. The number of benzene rings is 2. The van der Waals surface area contributed by atoms with Crippen LogP contribution in [0.25, 0.3) is 6.08 Å². The van der Waals surface area contributed by atoms with Crippen LogP contribution in [0, 0.1) is 5.92 Å². The van der Waals surface area contributed by atoms with Crippen LogP contribution in [-0.4, -0.2) is 53.3 Å². The van der Waals surface area contributed by atoms with Crippen LogP contribution in [0.3, 0.4) is 0 Å². The summed E-state index contributed by atoms with van der Waals surface area (Å²) in [5.74, 6) is 0.593.